The summed E-state index contributed by atoms with van der Waals surface area (Å²) in [7, 11) is 3.58. The van der Waals surface area contributed by atoms with E-state index in [1.807, 2.05) is 29.8 Å². The topological polar surface area (TPSA) is 68.6 Å². The third-order valence-electron chi connectivity index (χ3n) is 4.49. The number of likely N-dealkylation sites (N-methyl/N-ethyl adjacent to an activating group) is 1. The molecule has 130 valence electrons. The van der Waals surface area contributed by atoms with Gasteiger partial charge in [-0.15, -0.1) is 0 Å². The highest BCUT2D eigenvalue weighted by molar-refractivity contribution is 5.81. The third kappa shape index (κ3) is 3.37. The van der Waals surface area contributed by atoms with Crippen molar-refractivity contribution >= 4 is 16.9 Å². The number of aromatic nitrogens is 2. The van der Waals surface area contributed by atoms with Crippen molar-refractivity contribution in [1.29, 1.82) is 0 Å². The molecule has 2 heterocycles. The summed E-state index contributed by atoms with van der Waals surface area (Å²) in [6, 6.07) is 5.77. The van der Waals surface area contributed by atoms with Crippen LogP contribution in [0.2, 0.25) is 0 Å². The van der Waals surface area contributed by atoms with Crippen LogP contribution in [0.4, 0.5) is 0 Å². The van der Waals surface area contributed by atoms with E-state index in [-0.39, 0.29) is 5.91 Å². The molecule has 0 aliphatic carbocycles. The molecule has 1 aliphatic rings. The van der Waals surface area contributed by atoms with E-state index < -0.39 is 6.10 Å². The Morgan fingerprint density at radius 2 is 2.33 bits per heavy atom. The molecule has 1 atom stereocenters. The van der Waals surface area contributed by atoms with Crippen LogP contribution in [0.15, 0.2) is 18.2 Å². The summed E-state index contributed by atoms with van der Waals surface area (Å²) in [6.07, 6.45) is -0.409. The van der Waals surface area contributed by atoms with Crippen LogP contribution in [0.25, 0.3) is 11.0 Å². The molecule has 2 aromatic rings. The number of ether oxygens (including phenoxy) is 2. The summed E-state index contributed by atoms with van der Waals surface area (Å²) < 4.78 is 12.8. The van der Waals surface area contributed by atoms with Gasteiger partial charge in [0.15, 0.2) is 0 Å². The lowest BCUT2D eigenvalue weighted by molar-refractivity contribution is -0.138. The second-order valence-electron chi connectivity index (χ2n) is 5.91. The van der Waals surface area contributed by atoms with Crippen LogP contribution in [-0.2, 0) is 23.1 Å². The summed E-state index contributed by atoms with van der Waals surface area (Å²) in [4.78, 5) is 19.1. The number of fused-ring (bicyclic) bond motifs is 1. The van der Waals surface area contributed by atoms with Crippen LogP contribution in [0.1, 0.15) is 12.7 Å². The number of amides is 1. The molecule has 7 heteroatoms. The van der Waals surface area contributed by atoms with Crippen LogP contribution in [0, 0.1) is 0 Å². The number of nitrogens with one attached hydrogen (secondary N) is 1. The maximum Gasteiger partial charge on any atom is 0.250 e. The first-order valence-electron chi connectivity index (χ1n) is 8.23. The first kappa shape index (κ1) is 16.7. The fourth-order valence-electron chi connectivity index (χ4n) is 2.94. The minimum Gasteiger partial charge on any atom is -0.497 e. The lowest BCUT2D eigenvalue weighted by atomic mass is 10.2. The third-order valence-corrected chi connectivity index (χ3v) is 4.49. The van der Waals surface area contributed by atoms with Gasteiger partial charge >= 0.3 is 0 Å². The fourth-order valence-corrected chi connectivity index (χ4v) is 2.94. The Kier molecular flexibility index (Phi) is 5.01. The first-order chi connectivity index (χ1) is 11.6. The van der Waals surface area contributed by atoms with E-state index in [1.165, 1.54) is 0 Å². The van der Waals surface area contributed by atoms with Crippen LogP contribution in [-0.4, -0.2) is 59.8 Å². The summed E-state index contributed by atoms with van der Waals surface area (Å²) in [5.41, 5.74) is 1.86. The number of methoxy groups -OCH3 is 1. The molecule has 1 aliphatic heterocycles. The Morgan fingerprint density at radius 3 is 3.08 bits per heavy atom. The number of nitrogens with zero attached hydrogens (tertiary/aromatic N) is 3. The summed E-state index contributed by atoms with van der Waals surface area (Å²) >= 11 is 0. The number of aryl methyl sites for hydroxylation is 1. The van der Waals surface area contributed by atoms with Crippen LogP contribution >= 0.6 is 0 Å². The van der Waals surface area contributed by atoms with Crippen molar-refractivity contribution in [3.8, 4) is 5.75 Å². The van der Waals surface area contributed by atoms with Gasteiger partial charge in [0.1, 0.15) is 17.7 Å². The zero-order chi connectivity index (χ0) is 17.1. The number of carbonyl (C=O) groups is 1. The fraction of sp³-hybridized carbons (Fsp3) is 0.529. The monoisotopic (exact) mass is 332 g/mol. The van der Waals surface area contributed by atoms with Gasteiger partial charge in [-0.05, 0) is 18.7 Å². The van der Waals surface area contributed by atoms with Crippen LogP contribution < -0.4 is 10.1 Å². The quantitative estimate of drug-likeness (QED) is 0.882. The summed E-state index contributed by atoms with van der Waals surface area (Å²) in [5.74, 6) is 1.49. The molecule has 0 radical (unpaired) electrons. The molecule has 1 aromatic carbocycles. The number of hydrogen-bond donors (Lipinski definition) is 1. The number of morpholine rings is 1. The summed E-state index contributed by atoms with van der Waals surface area (Å²) in [5, 5.41) is 2.94. The lowest BCUT2D eigenvalue weighted by Gasteiger charge is -2.31. The highest BCUT2D eigenvalue weighted by atomic mass is 16.5. The van der Waals surface area contributed by atoms with Gasteiger partial charge in [0.05, 0.1) is 31.3 Å². The number of imidazole rings is 1. The molecule has 1 unspecified atom stereocenters. The molecule has 7 nitrogen and oxygen atoms in total. The van der Waals surface area contributed by atoms with Crippen molar-refractivity contribution in [2.24, 2.45) is 7.05 Å². The van der Waals surface area contributed by atoms with E-state index >= 15 is 0 Å². The van der Waals surface area contributed by atoms with Crippen molar-refractivity contribution in [3.63, 3.8) is 0 Å². The minimum absolute atomic E-state index is 0.0854. The lowest BCUT2D eigenvalue weighted by Crippen LogP contribution is -2.49. The number of hydrogen-bond acceptors (Lipinski definition) is 5. The van der Waals surface area contributed by atoms with E-state index in [0.29, 0.717) is 19.7 Å². The van der Waals surface area contributed by atoms with Gasteiger partial charge < -0.3 is 19.4 Å². The number of rotatable bonds is 5. The van der Waals surface area contributed by atoms with Gasteiger partial charge in [-0.3, -0.25) is 9.69 Å². The second kappa shape index (κ2) is 7.19. The molecule has 1 aromatic heterocycles. The molecule has 1 N–H and O–H groups in total. The van der Waals surface area contributed by atoms with Crippen molar-refractivity contribution in [2.45, 2.75) is 19.6 Å². The van der Waals surface area contributed by atoms with E-state index in [4.69, 9.17) is 9.47 Å². The highest BCUT2D eigenvalue weighted by Crippen LogP contribution is 2.20. The molecule has 1 saturated heterocycles. The zero-order valence-corrected chi connectivity index (χ0v) is 14.4. The average molecular weight is 332 g/mol. The maximum atomic E-state index is 12.3. The smallest absolute Gasteiger partial charge is 0.250 e. The van der Waals surface area contributed by atoms with E-state index in [1.54, 1.807) is 7.11 Å². The van der Waals surface area contributed by atoms with Crippen molar-refractivity contribution in [3.05, 3.63) is 24.0 Å². The maximum absolute atomic E-state index is 12.3. The molecule has 3 rings (SSSR count). The Balaban J connectivity index is 1.66. The molecule has 0 bridgehead atoms. The van der Waals surface area contributed by atoms with Crippen LogP contribution in [0.5, 0.6) is 5.75 Å². The Hall–Kier alpha value is -2.12. The zero-order valence-electron chi connectivity index (χ0n) is 14.4. The van der Waals surface area contributed by atoms with Gasteiger partial charge in [-0.25, -0.2) is 4.98 Å². The molecule has 0 spiro atoms. The molecule has 24 heavy (non-hydrogen) atoms. The van der Waals surface area contributed by atoms with Crippen molar-refractivity contribution in [1.82, 2.24) is 19.8 Å². The normalized spacial score (nSPS) is 18.7. The first-order valence-corrected chi connectivity index (χ1v) is 8.23. The molecule has 0 saturated carbocycles. The Morgan fingerprint density at radius 1 is 1.50 bits per heavy atom. The SMILES string of the molecule is CCN1CCOC(C(=O)NCc2nc3cc(OC)ccc3n2C)C1. The predicted molar refractivity (Wildman–Crippen MR) is 91.0 cm³/mol. The van der Waals surface area contributed by atoms with E-state index in [9.17, 15) is 4.79 Å². The number of carbonyl (C=O) groups excluding carboxylic acids is 1. The van der Waals surface area contributed by atoms with Crippen molar-refractivity contribution < 1.29 is 14.3 Å². The van der Waals surface area contributed by atoms with E-state index in [0.717, 1.165) is 35.7 Å². The van der Waals surface area contributed by atoms with Gasteiger partial charge in [-0.1, -0.05) is 6.92 Å². The highest BCUT2D eigenvalue weighted by Gasteiger charge is 2.25. The average Bonchev–Trinajstić information content (AvgIpc) is 2.94. The van der Waals surface area contributed by atoms with Crippen LogP contribution in [0.3, 0.4) is 0 Å². The number of benzene rings is 1. The standard InChI is InChI=1S/C17H24N4O3/c1-4-21-7-8-24-15(11-21)17(22)18-10-16-19-13-9-12(23-3)5-6-14(13)20(16)2/h5-6,9,15H,4,7-8,10-11H2,1-3H3,(H,18,22). The van der Waals surface area contributed by atoms with Gasteiger partial charge in [0.2, 0.25) is 0 Å². The van der Waals surface area contributed by atoms with Crippen molar-refractivity contribution in [2.75, 3.05) is 33.4 Å². The van der Waals surface area contributed by atoms with Gasteiger partial charge in [0, 0.05) is 26.2 Å². The summed E-state index contributed by atoms with van der Waals surface area (Å²) in [6.45, 7) is 5.51. The Bertz CT molecular complexity index is 728. The molecule has 1 amide bonds. The van der Waals surface area contributed by atoms with E-state index in [2.05, 4.69) is 22.1 Å². The molecule has 1 fully saturated rings. The second-order valence-corrected chi connectivity index (χ2v) is 5.91. The molecular formula is C17H24N4O3. The largest absolute Gasteiger partial charge is 0.497 e. The minimum atomic E-state index is -0.409. The predicted octanol–water partition coefficient (Wildman–Crippen LogP) is 0.919. The Labute approximate surface area is 141 Å². The van der Waals surface area contributed by atoms with Gasteiger partial charge in [-0.2, -0.15) is 0 Å². The van der Waals surface area contributed by atoms with Gasteiger partial charge in [0.25, 0.3) is 5.91 Å². The molecular weight excluding hydrogens is 308 g/mol.